The normalized spacial score (nSPS) is 18.2. The molecule has 0 spiro atoms. The fourth-order valence-electron chi connectivity index (χ4n) is 3.05. The molecule has 1 aliphatic rings. The van der Waals surface area contributed by atoms with Crippen LogP contribution >= 0.6 is 11.8 Å². The summed E-state index contributed by atoms with van der Waals surface area (Å²) in [5.41, 5.74) is 1.64. The largest absolute Gasteiger partial charge is 0.444 e. The maximum atomic E-state index is 13.0. The van der Waals surface area contributed by atoms with Gasteiger partial charge in [0.1, 0.15) is 12.1 Å². The van der Waals surface area contributed by atoms with Crippen molar-refractivity contribution >= 4 is 17.7 Å². The minimum atomic E-state index is -0.267. The van der Waals surface area contributed by atoms with Gasteiger partial charge in [0.05, 0.1) is 5.69 Å². The molecule has 1 saturated heterocycles. The average Bonchev–Trinajstić information content (AvgIpc) is 3.15. The van der Waals surface area contributed by atoms with Crippen molar-refractivity contribution in [3.63, 3.8) is 0 Å². The third-order valence-electron chi connectivity index (χ3n) is 4.66. The van der Waals surface area contributed by atoms with E-state index in [0.29, 0.717) is 17.1 Å². The fourth-order valence-corrected chi connectivity index (χ4v) is 4.35. The number of oxazole rings is 1. The molecule has 1 unspecified atom stereocenters. The van der Waals surface area contributed by atoms with Crippen LogP contribution in [0.25, 0.3) is 11.5 Å². The van der Waals surface area contributed by atoms with Gasteiger partial charge in [0, 0.05) is 49.7 Å². The predicted molar refractivity (Wildman–Crippen MR) is 110 cm³/mol. The van der Waals surface area contributed by atoms with Gasteiger partial charge in [-0.15, -0.1) is 0 Å². The molecule has 0 bridgehead atoms. The zero-order valence-electron chi connectivity index (χ0n) is 16.1. The maximum absolute atomic E-state index is 13.0. The van der Waals surface area contributed by atoms with Crippen molar-refractivity contribution in [2.75, 3.05) is 32.4 Å². The predicted octanol–water partition coefficient (Wildman–Crippen LogP) is 3.67. The van der Waals surface area contributed by atoms with Crippen molar-refractivity contribution in [3.8, 4) is 11.5 Å². The average molecular weight is 391 g/mol. The summed E-state index contributed by atoms with van der Waals surface area (Å²) in [5, 5.41) is 4.08. The SMILES string of the molecule is CN=C(NCCc1coc(-c2ccc(F)cc2)n1)N1CCSC(C(C)C)C1. The van der Waals surface area contributed by atoms with E-state index in [0.717, 1.165) is 49.0 Å². The van der Waals surface area contributed by atoms with Crippen LogP contribution in [0.1, 0.15) is 19.5 Å². The van der Waals surface area contributed by atoms with Crippen LogP contribution < -0.4 is 5.32 Å². The summed E-state index contributed by atoms with van der Waals surface area (Å²) in [7, 11) is 1.83. The summed E-state index contributed by atoms with van der Waals surface area (Å²) in [6.07, 6.45) is 2.40. The maximum Gasteiger partial charge on any atom is 0.226 e. The summed E-state index contributed by atoms with van der Waals surface area (Å²) in [5.74, 6) is 2.99. The summed E-state index contributed by atoms with van der Waals surface area (Å²) in [6, 6.07) is 6.16. The van der Waals surface area contributed by atoms with Gasteiger partial charge in [-0.2, -0.15) is 11.8 Å². The Bertz CT molecular complexity index is 760. The number of guanidine groups is 1. The lowest BCUT2D eigenvalue weighted by Crippen LogP contribution is -2.49. The second-order valence-electron chi connectivity index (χ2n) is 6.97. The molecule has 2 aromatic rings. The van der Waals surface area contributed by atoms with Gasteiger partial charge < -0.3 is 14.6 Å². The summed E-state index contributed by atoms with van der Waals surface area (Å²) < 4.78 is 18.6. The number of aliphatic imine (C=N–C) groups is 1. The molecule has 0 saturated carbocycles. The minimum absolute atomic E-state index is 0.267. The molecule has 0 aliphatic carbocycles. The standard InChI is InChI=1S/C20H27FN4OS/c1-14(2)18-12-25(10-11-27-18)20(22-3)23-9-8-17-13-26-19(24-17)15-4-6-16(21)7-5-15/h4-7,13-14,18H,8-12H2,1-3H3,(H,22,23). The molecule has 5 nitrogen and oxygen atoms in total. The van der Waals surface area contributed by atoms with E-state index in [1.54, 1.807) is 18.4 Å². The van der Waals surface area contributed by atoms with E-state index in [9.17, 15) is 4.39 Å². The van der Waals surface area contributed by atoms with Crippen LogP contribution in [0.15, 0.2) is 39.9 Å². The molecule has 146 valence electrons. The van der Waals surface area contributed by atoms with E-state index in [2.05, 4.69) is 45.8 Å². The van der Waals surface area contributed by atoms with Crippen molar-refractivity contribution in [1.29, 1.82) is 0 Å². The molecule has 3 rings (SSSR count). The van der Waals surface area contributed by atoms with Crippen LogP contribution in [0, 0.1) is 11.7 Å². The van der Waals surface area contributed by atoms with E-state index in [1.165, 1.54) is 12.1 Å². The van der Waals surface area contributed by atoms with E-state index >= 15 is 0 Å². The molecular formula is C20H27FN4OS. The Morgan fingerprint density at radius 2 is 2.19 bits per heavy atom. The van der Waals surface area contributed by atoms with Crippen LogP contribution in [-0.2, 0) is 6.42 Å². The molecule has 1 N–H and O–H groups in total. The van der Waals surface area contributed by atoms with Crippen LogP contribution in [0.4, 0.5) is 4.39 Å². The second-order valence-corrected chi connectivity index (χ2v) is 8.32. The number of hydrogen-bond donors (Lipinski definition) is 1. The summed E-state index contributed by atoms with van der Waals surface area (Å²) in [4.78, 5) is 11.3. The van der Waals surface area contributed by atoms with Crippen molar-refractivity contribution < 1.29 is 8.81 Å². The molecule has 27 heavy (non-hydrogen) atoms. The number of thioether (sulfide) groups is 1. The number of hydrogen-bond acceptors (Lipinski definition) is 4. The Balaban J connectivity index is 1.52. The molecule has 1 fully saturated rings. The summed E-state index contributed by atoms with van der Waals surface area (Å²) in [6.45, 7) is 7.34. The number of aromatic nitrogens is 1. The van der Waals surface area contributed by atoms with E-state index in [4.69, 9.17) is 4.42 Å². The molecule has 1 atom stereocenters. The first-order valence-corrected chi connectivity index (χ1v) is 10.4. The van der Waals surface area contributed by atoms with Gasteiger partial charge in [0.15, 0.2) is 5.96 Å². The van der Waals surface area contributed by atoms with E-state index < -0.39 is 0 Å². The fraction of sp³-hybridized carbons (Fsp3) is 0.500. The van der Waals surface area contributed by atoms with Gasteiger partial charge in [-0.05, 0) is 30.2 Å². The van der Waals surface area contributed by atoms with Crippen molar-refractivity contribution in [2.24, 2.45) is 10.9 Å². The molecule has 1 aliphatic heterocycles. The van der Waals surface area contributed by atoms with Gasteiger partial charge in [-0.3, -0.25) is 4.99 Å². The molecule has 7 heteroatoms. The highest BCUT2D eigenvalue weighted by Crippen LogP contribution is 2.25. The molecule has 1 aromatic heterocycles. The van der Waals surface area contributed by atoms with Crippen LogP contribution in [0.2, 0.25) is 0 Å². The van der Waals surface area contributed by atoms with Gasteiger partial charge in [0.25, 0.3) is 0 Å². The second kappa shape index (κ2) is 9.26. The Labute approximate surface area is 164 Å². The van der Waals surface area contributed by atoms with Crippen LogP contribution in [-0.4, -0.2) is 53.5 Å². The highest BCUT2D eigenvalue weighted by Gasteiger charge is 2.24. The van der Waals surface area contributed by atoms with Crippen molar-refractivity contribution in [3.05, 3.63) is 42.0 Å². The van der Waals surface area contributed by atoms with Gasteiger partial charge in [-0.1, -0.05) is 13.8 Å². The summed E-state index contributed by atoms with van der Waals surface area (Å²) >= 11 is 2.05. The Hall–Kier alpha value is -2.02. The number of rotatable bonds is 5. The van der Waals surface area contributed by atoms with Crippen LogP contribution in [0.3, 0.4) is 0 Å². The topological polar surface area (TPSA) is 53.7 Å². The number of nitrogens with zero attached hydrogens (tertiary/aromatic N) is 3. The van der Waals surface area contributed by atoms with Gasteiger partial charge in [-0.25, -0.2) is 9.37 Å². The van der Waals surface area contributed by atoms with Crippen molar-refractivity contribution in [1.82, 2.24) is 15.2 Å². The smallest absolute Gasteiger partial charge is 0.226 e. The number of benzene rings is 1. The van der Waals surface area contributed by atoms with Gasteiger partial charge >= 0.3 is 0 Å². The lowest BCUT2D eigenvalue weighted by Gasteiger charge is -2.36. The molecule has 0 radical (unpaired) electrons. The zero-order chi connectivity index (χ0) is 19.2. The van der Waals surface area contributed by atoms with E-state index in [1.807, 2.05) is 7.05 Å². The van der Waals surface area contributed by atoms with Crippen LogP contribution in [0.5, 0.6) is 0 Å². The lowest BCUT2D eigenvalue weighted by atomic mass is 10.1. The number of nitrogens with one attached hydrogen (secondary N) is 1. The zero-order valence-corrected chi connectivity index (χ0v) is 16.9. The number of halogens is 1. The molecule has 2 heterocycles. The Kier molecular flexibility index (Phi) is 6.77. The monoisotopic (exact) mass is 390 g/mol. The third-order valence-corrected chi connectivity index (χ3v) is 6.20. The Morgan fingerprint density at radius 1 is 1.41 bits per heavy atom. The first-order valence-electron chi connectivity index (χ1n) is 9.34. The highest BCUT2D eigenvalue weighted by molar-refractivity contribution is 8.00. The first-order chi connectivity index (χ1) is 13.1. The van der Waals surface area contributed by atoms with Gasteiger partial charge in [0.2, 0.25) is 5.89 Å². The lowest BCUT2D eigenvalue weighted by molar-refractivity contribution is 0.381. The quantitative estimate of drug-likeness (QED) is 0.624. The first kappa shape index (κ1) is 19.7. The third kappa shape index (κ3) is 5.25. The highest BCUT2D eigenvalue weighted by atomic mass is 32.2. The molecular weight excluding hydrogens is 363 g/mol. The molecule has 0 amide bonds. The molecule has 1 aromatic carbocycles. The van der Waals surface area contributed by atoms with E-state index in [-0.39, 0.29) is 5.82 Å². The van der Waals surface area contributed by atoms with Crippen molar-refractivity contribution in [2.45, 2.75) is 25.5 Å². The minimum Gasteiger partial charge on any atom is -0.444 e. The Morgan fingerprint density at radius 3 is 2.89 bits per heavy atom.